The molecular weight excluding hydrogens is 346 g/mol. The first-order valence-electron chi connectivity index (χ1n) is 7.11. The van der Waals surface area contributed by atoms with E-state index < -0.39 is 11.8 Å². The van der Waals surface area contributed by atoms with Crippen molar-refractivity contribution in [2.24, 2.45) is 0 Å². The molecule has 0 aliphatic carbocycles. The van der Waals surface area contributed by atoms with Gasteiger partial charge in [0.05, 0.1) is 17.4 Å². The van der Waals surface area contributed by atoms with Gasteiger partial charge in [-0.05, 0) is 24.3 Å². The van der Waals surface area contributed by atoms with Crippen LogP contribution in [-0.4, -0.2) is 31.7 Å². The molecule has 0 fully saturated rings. The summed E-state index contributed by atoms with van der Waals surface area (Å²) in [6.45, 7) is 0. The van der Waals surface area contributed by atoms with Gasteiger partial charge in [0.15, 0.2) is 11.4 Å². The molecule has 0 unspecified atom stereocenters. The second kappa shape index (κ2) is 7.02. The first kappa shape index (κ1) is 16.5. The molecule has 2 amide bonds. The summed E-state index contributed by atoms with van der Waals surface area (Å²) in [4.78, 5) is 27.8. The maximum absolute atomic E-state index is 12.1. The number of amides is 2. The van der Waals surface area contributed by atoms with Crippen LogP contribution in [0.25, 0.3) is 5.69 Å². The van der Waals surface area contributed by atoms with Crippen LogP contribution in [0.15, 0.2) is 54.9 Å². The minimum Gasteiger partial charge on any atom is -0.504 e. The highest BCUT2D eigenvalue weighted by atomic mass is 35.5. The number of carbonyl (C=O) groups excluding carboxylic acids is 2. The van der Waals surface area contributed by atoms with E-state index >= 15 is 0 Å². The van der Waals surface area contributed by atoms with Crippen LogP contribution >= 0.6 is 11.6 Å². The zero-order chi connectivity index (χ0) is 17.8. The average molecular weight is 358 g/mol. The zero-order valence-corrected chi connectivity index (χ0v) is 13.4. The molecule has 0 saturated carbocycles. The van der Waals surface area contributed by atoms with Crippen LogP contribution in [-0.2, 0) is 0 Å². The summed E-state index contributed by atoms with van der Waals surface area (Å²) in [6.07, 6.45) is 2.57. The second-order valence-corrected chi connectivity index (χ2v) is 5.31. The lowest BCUT2D eigenvalue weighted by molar-refractivity contribution is 0.0842. The molecule has 0 spiro atoms. The molecule has 0 saturated heterocycles. The van der Waals surface area contributed by atoms with E-state index in [4.69, 9.17) is 11.6 Å². The molecule has 3 aromatic rings. The standard InChI is InChI=1S/C16H12ClN5O3/c17-13-7-6-10(8-18-13)15(24)19-20-16(25)14-12(23)9-22(21-14)11-4-2-1-3-5-11/h1-9,23H,(H,19,24)(H,20,25). The van der Waals surface area contributed by atoms with Gasteiger partial charge in [-0.25, -0.2) is 9.67 Å². The number of nitrogens with zero attached hydrogens (tertiary/aromatic N) is 3. The predicted molar refractivity (Wildman–Crippen MR) is 89.4 cm³/mol. The van der Waals surface area contributed by atoms with E-state index in [1.807, 2.05) is 6.07 Å². The number of benzene rings is 1. The van der Waals surface area contributed by atoms with Gasteiger partial charge in [-0.15, -0.1) is 0 Å². The second-order valence-electron chi connectivity index (χ2n) is 4.92. The van der Waals surface area contributed by atoms with Gasteiger partial charge >= 0.3 is 0 Å². The number of halogens is 1. The Morgan fingerprint density at radius 2 is 1.76 bits per heavy atom. The molecule has 3 N–H and O–H groups in total. The quantitative estimate of drug-likeness (QED) is 0.488. The topological polar surface area (TPSA) is 109 Å². The number of aromatic nitrogens is 3. The SMILES string of the molecule is O=C(NNC(=O)c1nn(-c2ccccc2)cc1O)c1ccc(Cl)nc1. The van der Waals surface area contributed by atoms with Crippen LogP contribution in [0, 0.1) is 0 Å². The summed E-state index contributed by atoms with van der Waals surface area (Å²) in [7, 11) is 0. The van der Waals surface area contributed by atoms with Crippen LogP contribution < -0.4 is 10.9 Å². The molecule has 0 bridgehead atoms. The fourth-order valence-electron chi connectivity index (χ4n) is 1.99. The van der Waals surface area contributed by atoms with E-state index in [1.54, 1.807) is 24.3 Å². The third-order valence-electron chi connectivity index (χ3n) is 3.21. The first-order valence-corrected chi connectivity index (χ1v) is 7.48. The Balaban J connectivity index is 1.68. The maximum atomic E-state index is 12.1. The predicted octanol–water partition coefficient (Wildman–Crippen LogP) is 1.70. The molecule has 3 rings (SSSR count). The summed E-state index contributed by atoms with van der Waals surface area (Å²) in [5.74, 6) is -1.66. The zero-order valence-electron chi connectivity index (χ0n) is 12.7. The van der Waals surface area contributed by atoms with Crippen molar-refractivity contribution < 1.29 is 14.7 Å². The number of pyridine rings is 1. The molecule has 0 aliphatic rings. The molecule has 0 radical (unpaired) electrons. The van der Waals surface area contributed by atoms with Crippen LogP contribution in [0.2, 0.25) is 5.15 Å². The highest BCUT2D eigenvalue weighted by molar-refractivity contribution is 6.29. The van der Waals surface area contributed by atoms with Gasteiger partial charge in [0, 0.05) is 6.20 Å². The Kier molecular flexibility index (Phi) is 4.62. The maximum Gasteiger partial charge on any atom is 0.294 e. The average Bonchev–Trinajstić information content (AvgIpc) is 3.02. The normalized spacial score (nSPS) is 10.3. The minimum absolute atomic E-state index is 0.212. The fourth-order valence-corrected chi connectivity index (χ4v) is 2.11. The fraction of sp³-hybridized carbons (Fsp3) is 0. The molecule has 25 heavy (non-hydrogen) atoms. The van der Waals surface area contributed by atoms with E-state index in [1.165, 1.54) is 29.2 Å². The van der Waals surface area contributed by atoms with Crippen LogP contribution in [0.5, 0.6) is 5.75 Å². The van der Waals surface area contributed by atoms with Gasteiger partial charge in [-0.2, -0.15) is 5.10 Å². The van der Waals surface area contributed by atoms with E-state index in [2.05, 4.69) is 20.9 Å². The van der Waals surface area contributed by atoms with E-state index in [-0.39, 0.29) is 22.2 Å². The number of para-hydroxylation sites is 1. The van der Waals surface area contributed by atoms with Crippen molar-refractivity contribution in [3.8, 4) is 11.4 Å². The summed E-state index contributed by atoms with van der Waals surface area (Å²) in [5, 5.41) is 14.2. The lowest BCUT2D eigenvalue weighted by Gasteiger charge is -2.06. The highest BCUT2D eigenvalue weighted by Gasteiger charge is 2.18. The van der Waals surface area contributed by atoms with Crippen molar-refractivity contribution in [1.29, 1.82) is 0 Å². The Bertz CT molecular complexity index is 909. The number of hydrazine groups is 1. The van der Waals surface area contributed by atoms with Crippen LogP contribution in [0.3, 0.4) is 0 Å². The van der Waals surface area contributed by atoms with Crippen LogP contribution in [0.1, 0.15) is 20.8 Å². The molecule has 8 nitrogen and oxygen atoms in total. The largest absolute Gasteiger partial charge is 0.504 e. The summed E-state index contributed by atoms with van der Waals surface area (Å²) >= 11 is 5.64. The van der Waals surface area contributed by atoms with Crippen molar-refractivity contribution in [2.75, 3.05) is 0 Å². The number of carbonyl (C=O) groups is 2. The van der Waals surface area contributed by atoms with E-state index in [0.29, 0.717) is 5.69 Å². The lowest BCUT2D eigenvalue weighted by Crippen LogP contribution is -2.41. The molecule has 0 aliphatic heterocycles. The summed E-state index contributed by atoms with van der Waals surface area (Å²) < 4.78 is 1.36. The molecule has 0 atom stereocenters. The number of hydrogen-bond acceptors (Lipinski definition) is 5. The Hall–Kier alpha value is -3.39. The summed E-state index contributed by atoms with van der Waals surface area (Å²) in [5.41, 5.74) is 5.06. The molecule has 126 valence electrons. The molecule has 1 aromatic carbocycles. The van der Waals surface area contributed by atoms with Crippen molar-refractivity contribution >= 4 is 23.4 Å². The van der Waals surface area contributed by atoms with E-state index in [9.17, 15) is 14.7 Å². The number of rotatable bonds is 3. The molecular formula is C16H12ClN5O3. The minimum atomic E-state index is -0.762. The third kappa shape index (κ3) is 3.75. The van der Waals surface area contributed by atoms with Crippen molar-refractivity contribution in [3.63, 3.8) is 0 Å². The summed E-state index contributed by atoms with van der Waals surface area (Å²) in [6, 6.07) is 11.9. The Morgan fingerprint density at radius 1 is 1.04 bits per heavy atom. The smallest absolute Gasteiger partial charge is 0.294 e. The number of hydrogen-bond donors (Lipinski definition) is 3. The number of aromatic hydroxyl groups is 1. The van der Waals surface area contributed by atoms with E-state index in [0.717, 1.165) is 0 Å². The lowest BCUT2D eigenvalue weighted by atomic mass is 10.3. The van der Waals surface area contributed by atoms with Crippen molar-refractivity contribution in [2.45, 2.75) is 0 Å². The molecule has 2 heterocycles. The van der Waals surface area contributed by atoms with Crippen molar-refractivity contribution in [1.82, 2.24) is 25.6 Å². The Morgan fingerprint density at radius 3 is 2.44 bits per heavy atom. The monoisotopic (exact) mass is 357 g/mol. The van der Waals surface area contributed by atoms with Crippen molar-refractivity contribution in [3.05, 3.63) is 71.3 Å². The van der Waals surface area contributed by atoms with Gasteiger partial charge in [0.25, 0.3) is 11.8 Å². The van der Waals surface area contributed by atoms with Gasteiger partial charge < -0.3 is 5.11 Å². The first-order chi connectivity index (χ1) is 12.0. The van der Waals surface area contributed by atoms with Crippen LogP contribution in [0.4, 0.5) is 0 Å². The molecule has 2 aromatic heterocycles. The molecule has 9 heteroatoms. The van der Waals surface area contributed by atoms with Gasteiger partial charge in [0.2, 0.25) is 0 Å². The number of nitrogens with one attached hydrogen (secondary N) is 2. The van der Waals surface area contributed by atoms with Gasteiger partial charge in [-0.3, -0.25) is 20.4 Å². The Labute approximate surface area is 147 Å². The third-order valence-corrected chi connectivity index (χ3v) is 3.43. The van der Waals surface area contributed by atoms with Gasteiger partial charge in [0.1, 0.15) is 5.15 Å². The van der Waals surface area contributed by atoms with Gasteiger partial charge in [-0.1, -0.05) is 29.8 Å². The highest BCUT2D eigenvalue weighted by Crippen LogP contribution is 2.17.